The first-order valence-electron chi connectivity index (χ1n) is 7.10. The first kappa shape index (κ1) is 15.9. The average molecular weight is 303 g/mol. The second kappa shape index (κ2) is 6.98. The fourth-order valence-electron chi connectivity index (χ4n) is 1.84. The van der Waals surface area contributed by atoms with Crippen LogP contribution in [0.4, 0.5) is 10.5 Å². The number of hydrogen-bond acceptors (Lipinski definition) is 5. The average Bonchev–Trinajstić information content (AvgIpc) is 2.95. The van der Waals surface area contributed by atoms with E-state index in [1.165, 1.54) is 6.39 Å². The minimum atomic E-state index is -0.506. The highest BCUT2D eigenvalue weighted by molar-refractivity contribution is 5.68. The molecular formula is C16H21N3O3. The molecule has 2 N–H and O–H groups in total. The summed E-state index contributed by atoms with van der Waals surface area (Å²) in [5, 5.41) is 6.01. The maximum absolute atomic E-state index is 11.7. The lowest BCUT2D eigenvalue weighted by Crippen LogP contribution is -2.32. The first-order valence-corrected chi connectivity index (χ1v) is 7.10. The van der Waals surface area contributed by atoms with Gasteiger partial charge in [0.2, 0.25) is 0 Å². The zero-order chi connectivity index (χ0) is 16.0. The predicted molar refractivity (Wildman–Crippen MR) is 83.3 cm³/mol. The summed E-state index contributed by atoms with van der Waals surface area (Å²) >= 11 is 0. The Balaban J connectivity index is 1.92. The van der Waals surface area contributed by atoms with Crippen LogP contribution in [0.15, 0.2) is 41.3 Å². The van der Waals surface area contributed by atoms with Crippen molar-refractivity contribution in [3.8, 4) is 0 Å². The molecule has 0 aliphatic carbocycles. The Bertz CT molecular complexity index is 603. The number of benzene rings is 1. The Labute approximate surface area is 129 Å². The molecule has 0 unspecified atom stereocenters. The Morgan fingerprint density at radius 1 is 1.27 bits per heavy atom. The van der Waals surface area contributed by atoms with Crippen LogP contribution in [0.3, 0.4) is 0 Å². The molecule has 0 fully saturated rings. The Morgan fingerprint density at radius 2 is 2.05 bits per heavy atom. The van der Waals surface area contributed by atoms with Crippen LogP contribution in [0.2, 0.25) is 0 Å². The fourth-order valence-corrected chi connectivity index (χ4v) is 1.84. The molecule has 6 heteroatoms. The van der Waals surface area contributed by atoms with Gasteiger partial charge in [-0.2, -0.15) is 0 Å². The fraction of sp³-hybridized carbons (Fsp3) is 0.375. The third-order valence-electron chi connectivity index (χ3n) is 2.78. The van der Waals surface area contributed by atoms with Gasteiger partial charge in [0.1, 0.15) is 11.4 Å². The standard InChI is InChI=1S/C16H21N3O3/c1-16(2,3)22-15(20)19-8-12-6-4-5-7-14(12)18-10-13-9-17-11-21-13/h4-7,9,11,18H,8,10H2,1-3H3,(H,19,20). The van der Waals surface area contributed by atoms with Crippen LogP contribution in [0.5, 0.6) is 0 Å². The van der Waals surface area contributed by atoms with E-state index in [2.05, 4.69) is 15.6 Å². The van der Waals surface area contributed by atoms with Gasteiger partial charge < -0.3 is 19.8 Å². The van der Waals surface area contributed by atoms with Crippen LogP contribution in [0.25, 0.3) is 0 Å². The number of para-hydroxylation sites is 1. The van der Waals surface area contributed by atoms with Crippen molar-refractivity contribution in [3.63, 3.8) is 0 Å². The van der Waals surface area contributed by atoms with Crippen molar-refractivity contribution in [3.05, 3.63) is 48.2 Å². The molecule has 2 rings (SSSR count). The van der Waals surface area contributed by atoms with E-state index in [9.17, 15) is 4.79 Å². The number of nitrogens with zero attached hydrogens (tertiary/aromatic N) is 1. The van der Waals surface area contributed by atoms with E-state index >= 15 is 0 Å². The lowest BCUT2D eigenvalue weighted by molar-refractivity contribution is 0.0523. The molecule has 1 aromatic heterocycles. The third-order valence-corrected chi connectivity index (χ3v) is 2.78. The van der Waals surface area contributed by atoms with Gasteiger partial charge in [-0.05, 0) is 32.4 Å². The van der Waals surface area contributed by atoms with Gasteiger partial charge in [0.05, 0.1) is 12.7 Å². The number of carbonyl (C=O) groups excluding carboxylic acids is 1. The summed E-state index contributed by atoms with van der Waals surface area (Å²) in [7, 11) is 0. The summed E-state index contributed by atoms with van der Waals surface area (Å²) < 4.78 is 10.4. The number of hydrogen-bond donors (Lipinski definition) is 2. The molecule has 0 saturated heterocycles. The molecule has 22 heavy (non-hydrogen) atoms. The van der Waals surface area contributed by atoms with Gasteiger partial charge in [-0.1, -0.05) is 18.2 Å². The topological polar surface area (TPSA) is 76.4 Å². The second-order valence-corrected chi connectivity index (χ2v) is 5.83. The SMILES string of the molecule is CC(C)(C)OC(=O)NCc1ccccc1NCc1cnco1. The van der Waals surface area contributed by atoms with Gasteiger partial charge >= 0.3 is 6.09 Å². The molecule has 0 spiro atoms. The molecule has 0 radical (unpaired) electrons. The summed E-state index contributed by atoms with van der Waals surface area (Å²) in [4.78, 5) is 15.6. The number of aromatic nitrogens is 1. The van der Waals surface area contributed by atoms with E-state index in [1.54, 1.807) is 6.20 Å². The number of amides is 1. The molecule has 0 aliphatic heterocycles. The van der Waals surface area contributed by atoms with E-state index in [4.69, 9.17) is 9.15 Å². The number of ether oxygens (including phenoxy) is 1. The van der Waals surface area contributed by atoms with Gasteiger partial charge in [0.25, 0.3) is 0 Å². The van der Waals surface area contributed by atoms with Gasteiger partial charge in [0, 0.05) is 12.2 Å². The summed E-state index contributed by atoms with van der Waals surface area (Å²) in [6.45, 7) is 6.41. The molecule has 6 nitrogen and oxygen atoms in total. The van der Waals surface area contributed by atoms with Gasteiger partial charge in [-0.3, -0.25) is 0 Å². The quantitative estimate of drug-likeness (QED) is 0.886. The van der Waals surface area contributed by atoms with Crippen LogP contribution >= 0.6 is 0 Å². The minimum Gasteiger partial charge on any atom is -0.447 e. The van der Waals surface area contributed by atoms with Gasteiger partial charge in [-0.15, -0.1) is 0 Å². The lowest BCUT2D eigenvalue weighted by atomic mass is 10.1. The van der Waals surface area contributed by atoms with E-state index in [0.29, 0.717) is 13.1 Å². The normalized spacial score (nSPS) is 11.0. The van der Waals surface area contributed by atoms with E-state index in [-0.39, 0.29) is 0 Å². The third kappa shape index (κ3) is 5.12. The summed E-state index contributed by atoms with van der Waals surface area (Å²) in [5.74, 6) is 0.745. The van der Waals surface area contributed by atoms with Crippen LogP contribution in [-0.4, -0.2) is 16.7 Å². The summed E-state index contributed by atoms with van der Waals surface area (Å²) in [5.41, 5.74) is 1.39. The van der Waals surface area contributed by atoms with Crippen LogP contribution in [0, 0.1) is 0 Å². The Kier molecular flexibility index (Phi) is 5.04. The van der Waals surface area contributed by atoms with Crippen molar-refractivity contribution >= 4 is 11.8 Å². The molecule has 0 aliphatic rings. The molecule has 1 amide bonds. The van der Waals surface area contributed by atoms with Crippen molar-refractivity contribution in [2.45, 2.75) is 39.5 Å². The van der Waals surface area contributed by atoms with Crippen molar-refractivity contribution < 1.29 is 13.9 Å². The molecule has 2 aromatic rings. The lowest BCUT2D eigenvalue weighted by Gasteiger charge is -2.20. The molecule has 0 saturated carbocycles. The molecule has 1 heterocycles. The van der Waals surface area contributed by atoms with Crippen molar-refractivity contribution in [1.29, 1.82) is 0 Å². The minimum absolute atomic E-state index is 0.383. The Hall–Kier alpha value is -2.50. The monoisotopic (exact) mass is 303 g/mol. The van der Waals surface area contributed by atoms with Crippen molar-refractivity contribution in [2.75, 3.05) is 5.32 Å². The maximum atomic E-state index is 11.7. The highest BCUT2D eigenvalue weighted by Crippen LogP contribution is 2.16. The van der Waals surface area contributed by atoms with E-state index in [0.717, 1.165) is 17.0 Å². The number of anilines is 1. The van der Waals surface area contributed by atoms with Gasteiger partial charge in [0.15, 0.2) is 6.39 Å². The predicted octanol–water partition coefficient (Wildman–Crippen LogP) is 3.31. The summed E-state index contributed by atoms with van der Waals surface area (Å²) in [6, 6.07) is 7.74. The molecule has 118 valence electrons. The van der Waals surface area contributed by atoms with E-state index < -0.39 is 11.7 Å². The number of rotatable bonds is 5. The molecule has 1 aromatic carbocycles. The van der Waals surface area contributed by atoms with Crippen LogP contribution in [0.1, 0.15) is 32.1 Å². The number of carbonyl (C=O) groups is 1. The van der Waals surface area contributed by atoms with Crippen LogP contribution < -0.4 is 10.6 Å². The molecule has 0 bridgehead atoms. The molecular weight excluding hydrogens is 282 g/mol. The van der Waals surface area contributed by atoms with Crippen LogP contribution in [-0.2, 0) is 17.8 Å². The maximum Gasteiger partial charge on any atom is 0.407 e. The number of nitrogens with one attached hydrogen (secondary N) is 2. The Morgan fingerprint density at radius 3 is 2.73 bits per heavy atom. The highest BCUT2D eigenvalue weighted by Gasteiger charge is 2.16. The van der Waals surface area contributed by atoms with E-state index in [1.807, 2.05) is 45.0 Å². The number of oxazole rings is 1. The van der Waals surface area contributed by atoms with Crippen molar-refractivity contribution in [1.82, 2.24) is 10.3 Å². The largest absolute Gasteiger partial charge is 0.447 e. The molecule has 0 atom stereocenters. The zero-order valence-corrected chi connectivity index (χ0v) is 13.1. The summed E-state index contributed by atoms with van der Waals surface area (Å²) in [6.07, 6.45) is 2.62. The highest BCUT2D eigenvalue weighted by atomic mass is 16.6. The smallest absolute Gasteiger partial charge is 0.407 e. The zero-order valence-electron chi connectivity index (χ0n) is 13.1. The number of alkyl carbamates (subject to hydrolysis) is 1. The van der Waals surface area contributed by atoms with Gasteiger partial charge in [-0.25, -0.2) is 9.78 Å². The first-order chi connectivity index (χ1) is 10.4. The second-order valence-electron chi connectivity index (χ2n) is 5.83. The van der Waals surface area contributed by atoms with Crippen molar-refractivity contribution in [2.24, 2.45) is 0 Å².